The monoisotopic (exact) mass is 289 g/mol. The van der Waals surface area contributed by atoms with Crippen molar-refractivity contribution in [2.24, 2.45) is 0 Å². The summed E-state index contributed by atoms with van der Waals surface area (Å²) in [7, 11) is 1.81. The van der Waals surface area contributed by atoms with Crippen LogP contribution < -0.4 is 5.73 Å². The Balaban J connectivity index is 2.24. The van der Waals surface area contributed by atoms with Crippen LogP contribution >= 0.6 is 11.3 Å². The van der Waals surface area contributed by atoms with E-state index in [1.165, 1.54) is 0 Å². The first-order chi connectivity index (χ1) is 9.40. The molecule has 1 unspecified atom stereocenters. The molecule has 0 aliphatic heterocycles. The minimum atomic E-state index is -0.0322. The fourth-order valence-electron chi connectivity index (χ4n) is 2.16. The molecule has 0 spiro atoms. The number of amides is 1. The van der Waals surface area contributed by atoms with Crippen molar-refractivity contribution in [2.75, 3.05) is 12.8 Å². The number of rotatable bonds is 3. The van der Waals surface area contributed by atoms with E-state index in [4.69, 9.17) is 5.73 Å². The molecular formula is C15H19N3OS. The van der Waals surface area contributed by atoms with Crippen LogP contribution in [-0.2, 0) is 0 Å². The molecule has 2 N–H and O–H groups in total. The summed E-state index contributed by atoms with van der Waals surface area (Å²) in [6, 6.07) is 7.05. The topological polar surface area (TPSA) is 59.2 Å². The maximum absolute atomic E-state index is 12.5. The smallest absolute Gasteiger partial charge is 0.254 e. The van der Waals surface area contributed by atoms with Gasteiger partial charge in [0, 0.05) is 23.2 Å². The summed E-state index contributed by atoms with van der Waals surface area (Å²) in [6.45, 7) is 5.98. The highest BCUT2D eigenvalue weighted by Gasteiger charge is 2.22. The molecule has 0 aliphatic carbocycles. The molecule has 20 heavy (non-hydrogen) atoms. The molecule has 106 valence electrons. The number of nitrogens with zero attached hydrogens (tertiary/aromatic N) is 2. The van der Waals surface area contributed by atoms with Crippen LogP contribution in [0.1, 0.15) is 38.9 Å². The first-order valence-electron chi connectivity index (χ1n) is 6.46. The molecule has 1 aromatic heterocycles. The van der Waals surface area contributed by atoms with Gasteiger partial charge in [-0.15, -0.1) is 11.3 Å². The molecule has 0 aliphatic rings. The third kappa shape index (κ3) is 2.82. The number of hydrogen-bond acceptors (Lipinski definition) is 4. The van der Waals surface area contributed by atoms with Crippen molar-refractivity contribution in [1.29, 1.82) is 0 Å². The Kier molecular flexibility index (Phi) is 4.09. The van der Waals surface area contributed by atoms with Crippen LogP contribution in [0.25, 0.3) is 0 Å². The second-order valence-corrected chi connectivity index (χ2v) is 6.13. The molecule has 0 bridgehead atoms. The summed E-state index contributed by atoms with van der Waals surface area (Å²) in [5.74, 6) is -0.0322. The zero-order chi connectivity index (χ0) is 14.9. The number of anilines is 1. The van der Waals surface area contributed by atoms with Crippen molar-refractivity contribution in [1.82, 2.24) is 9.88 Å². The lowest BCUT2D eigenvalue weighted by atomic mass is 10.1. The SMILES string of the molecule is Cc1nc(C)c(C(C)N(C)C(=O)c2cccc(N)c2)s1. The molecule has 1 atom stereocenters. The van der Waals surface area contributed by atoms with Gasteiger partial charge in [-0.05, 0) is 39.0 Å². The van der Waals surface area contributed by atoms with Gasteiger partial charge in [-0.3, -0.25) is 4.79 Å². The lowest BCUT2D eigenvalue weighted by Gasteiger charge is -2.24. The Morgan fingerprint density at radius 3 is 2.65 bits per heavy atom. The van der Waals surface area contributed by atoms with Crippen molar-refractivity contribution in [2.45, 2.75) is 26.8 Å². The molecule has 1 heterocycles. The van der Waals surface area contributed by atoms with Gasteiger partial charge in [-0.25, -0.2) is 4.98 Å². The standard InChI is InChI=1S/C15H19N3OS/c1-9-14(20-11(3)17-9)10(2)18(4)15(19)12-6-5-7-13(16)8-12/h5-8,10H,16H2,1-4H3. The minimum absolute atomic E-state index is 0.00451. The normalized spacial score (nSPS) is 12.2. The lowest BCUT2D eigenvalue weighted by molar-refractivity contribution is 0.0744. The average molecular weight is 289 g/mol. The molecule has 2 rings (SSSR count). The maximum Gasteiger partial charge on any atom is 0.254 e. The highest BCUT2D eigenvalue weighted by atomic mass is 32.1. The minimum Gasteiger partial charge on any atom is -0.399 e. The third-order valence-corrected chi connectivity index (χ3v) is 4.60. The number of benzene rings is 1. The Morgan fingerprint density at radius 2 is 2.10 bits per heavy atom. The fraction of sp³-hybridized carbons (Fsp3) is 0.333. The fourth-order valence-corrected chi connectivity index (χ4v) is 3.18. The largest absolute Gasteiger partial charge is 0.399 e. The number of hydrogen-bond donors (Lipinski definition) is 1. The Labute approximate surface area is 123 Å². The first-order valence-corrected chi connectivity index (χ1v) is 7.28. The van der Waals surface area contributed by atoms with Crippen LogP contribution in [-0.4, -0.2) is 22.8 Å². The van der Waals surface area contributed by atoms with E-state index in [2.05, 4.69) is 4.98 Å². The highest BCUT2D eigenvalue weighted by molar-refractivity contribution is 7.11. The third-order valence-electron chi connectivity index (χ3n) is 3.35. The van der Waals surface area contributed by atoms with Crippen LogP contribution in [0.15, 0.2) is 24.3 Å². The van der Waals surface area contributed by atoms with Crippen molar-refractivity contribution in [3.8, 4) is 0 Å². The van der Waals surface area contributed by atoms with Crippen LogP contribution in [0.3, 0.4) is 0 Å². The molecule has 0 saturated heterocycles. The van der Waals surface area contributed by atoms with E-state index < -0.39 is 0 Å². The van der Waals surface area contributed by atoms with Crippen molar-refractivity contribution in [3.63, 3.8) is 0 Å². The van der Waals surface area contributed by atoms with Crippen molar-refractivity contribution in [3.05, 3.63) is 45.4 Å². The number of thiazole rings is 1. The maximum atomic E-state index is 12.5. The van der Waals surface area contributed by atoms with Gasteiger partial charge in [0.25, 0.3) is 5.91 Å². The molecule has 0 fully saturated rings. The van der Waals surface area contributed by atoms with E-state index in [1.54, 1.807) is 40.5 Å². The predicted molar refractivity (Wildman–Crippen MR) is 83.0 cm³/mol. The van der Waals surface area contributed by atoms with E-state index in [9.17, 15) is 4.79 Å². The number of nitrogens with two attached hydrogens (primary N) is 1. The van der Waals surface area contributed by atoms with Crippen LogP contribution in [0.5, 0.6) is 0 Å². The molecule has 4 nitrogen and oxygen atoms in total. The van der Waals surface area contributed by atoms with Gasteiger partial charge in [-0.1, -0.05) is 6.07 Å². The van der Waals surface area contributed by atoms with Crippen LogP contribution in [0.4, 0.5) is 5.69 Å². The van der Waals surface area contributed by atoms with Gasteiger partial charge in [0.15, 0.2) is 0 Å². The van der Waals surface area contributed by atoms with Crippen molar-refractivity contribution < 1.29 is 4.79 Å². The molecule has 1 aromatic carbocycles. The summed E-state index contributed by atoms with van der Waals surface area (Å²) in [6.07, 6.45) is 0. The summed E-state index contributed by atoms with van der Waals surface area (Å²) >= 11 is 1.64. The summed E-state index contributed by atoms with van der Waals surface area (Å²) in [5.41, 5.74) is 7.93. The number of aryl methyl sites for hydroxylation is 2. The van der Waals surface area contributed by atoms with E-state index in [0.717, 1.165) is 15.6 Å². The zero-order valence-corrected chi connectivity index (χ0v) is 13.0. The zero-order valence-electron chi connectivity index (χ0n) is 12.2. The molecule has 2 aromatic rings. The molecule has 0 radical (unpaired) electrons. The number of nitrogen functional groups attached to an aromatic ring is 1. The predicted octanol–water partition coefficient (Wildman–Crippen LogP) is 3.18. The molecule has 1 amide bonds. The lowest BCUT2D eigenvalue weighted by Crippen LogP contribution is -2.29. The van der Waals surface area contributed by atoms with E-state index >= 15 is 0 Å². The van der Waals surface area contributed by atoms with Crippen LogP contribution in [0, 0.1) is 13.8 Å². The summed E-state index contributed by atoms with van der Waals surface area (Å²) in [4.78, 5) is 19.8. The van der Waals surface area contributed by atoms with Gasteiger partial charge in [-0.2, -0.15) is 0 Å². The van der Waals surface area contributed by atoms with Gasteiger partial charge < -0.3 is 10.6 Å². The van der Waals surface area contributed by atoms with Crippen LogP contribution in [0.2, 0.25) is 0 Å². The highest BCUT2D eigenvalue weighted by Crippen LogP contribution is 2.29. The van der Waals surface area contributed by atoms with E-state index in [-0.39, 0.29) is 11.9 Å². The van der Waals surface area contributed by atoms with Gasteiger partial charge >= 0.3 is 0 Å². The molecular weight excluding hydrogens is 270 g/mol. The Hall–Kier alpha value is -1.88. The average Bonchev–Trinajstić information content (AvgIpc) is 2.75. The number of carbonyl (C=O) groups excluding carboxylic acids is 1. The number of carbonyl (C=O) groups is 1. The number of aromatic nitrogens is 1. The Bertz CT molecular complexity index is 636. The Morgan fingerprint density at radius 1 is 1.40 bits per heavy atom. The van der Waals surface area contributed by atoms with E-state index in [1.807, 2.05) is 27.8 Å². The second-order valence-electron chi connectivity index (χ2n) is 4.90. The van der Waals surface area contributed by atoms with Gasteiger partial charge in [0.2, 0.25) is 0 Å². The second kappa shape index (κ2) is 5.63. The quantitative estimate of drug-likeness (QED) is 0.883. The van der Waals surface area contributed by atoms with E-state index in [0.29, 0.717) is 11.3 Å². The first kappa shape index (κ1) is 14.5. The molecule has 0 saturated carbocycles. The van der Waals surface area contributed by atoms with Gasteiger partial charge in [0.1, 0.15) is 0 Å². The van der Waals surface area contributed by atoms with Gasteiger partial charge in [0.05, 0.1) is 16.7 Å². The summed E-state index contributed by atoms with van der Waals surface area (Å²) < 4.78 is 0. The summed E-state index contributed by atoms with van der Waals surface area (Å²) in [5, 5.41) is 1.02. The molecule has 5 heteroatoms. The van der Waals surface area contributed by atoms with Crippen molar-refractivity contribution >= 4 is 22.9 Å².